The van der Waals surface area contributed by atoms with Gasteiger partial charge in [-0.3, -0.25) is 4.40 Å². The number of anilines is 3. The molecule has 1 atom stereocenters. The summed E-state index contributed by atoms with van der Waals surface area (Å²) in [6.07, 6.45) is 7.79. The lowest BCUT2D eigenvalue weighted by atomic mass is 10.0. The van der Waals surface area contributed by atoms with Gasteiger partial charge in [0.05, 0.1) is 13.2 Å². The summed E-state index contributed by atoms with van der Waals surface area (Å²) in [5, 5.41) is 8.56. The Morgan fingerprint density at radius 3 is 2.80 bits per heavy atom. The summed E-state index contributed by atoms with van der Waals surface area (Å²) in [6.45, 7) is 6.90. The van der Waals surface area contributed by atoms with Crippen molar-refractivity contribution in [1.29, 1.82) is 0 Å². The molecule has 10 nitrogen and oxygen atoms in total. The van der Waals surface area contributed by atoms with Crippen molar-refractivity contribution in [3.8, 4) is 0 Å². The summed E-state index contributed by atoms with van der Waals surface area (Å²) in [6, 6.07) is 2.32. The molecule has 0 spiro atoms. The molecule has 3 aromatic rings. The second kappa shape index (κ2) is 8.02. The molecule has 1 unspecified atom stereocenters. The molecule has 0 radical (unpaired) electrons. The van der Waals surface area contributed by atoms with E-state index >= 15 is 0 Å². The number of likely N-dealkylation sites (N-methyl/N-ethyl adjacent to an activating group) is 1. The number of hydrogen-bond acceptors (Lipinski definition) is 9. The van der Waals surface area contributed by atoms with Crippen molar-refractivity contribution < 1.29 is 4.74 Å². The maximum atomic E-state index is 5.45. The Morgan fingerprint density at radius 1 is 1.07 bits per heavy atom. The first kappa shape index (κ1) is 19.0. The average molecular weight is 409 g/mol. The molecule has 0 N–H and O–H groups in total. The fraction of sp³-hybridized carbons (Fsp3) is 0.550. The monoisotopic (exact) mass is 409 g/mol. The summed E-state index contributed by atoms with van der Waals surface area (Å²) in [5.74, 6) is 3.49. The topological polar surface area (TPSA) is 87.8 Å². The van der Waals surface area contributed by atoms with Gasteiger partial charge >= 0.3 is 0 Å². The molecule has 0 aliphatic carbocycles. The predicted octanol–water partition coefficient (Wildman–Crippen LogP) is 1.16. The first-order valence-electron chi connectivity index (χ1n) is 10.5. The van der Waals surface area contributed by atoms with Crippen molar-refractivity contribution in [3.05, 3.63) is 30.5 Å². The third-order valence-electron chi connectivity index (χ3n) is 6.01. The van der Waals surface area contributed by atoms with Crippen molar-refractivity contribution in [2.75, 3.05) is 61.1 Å². The van der Waals surface area contributed by atoms with Crippen molar-refractivity contribution >= 4 is 23.2 Å². The standard InChI is InChI=1S/C20H27N9O/c1-15-24-25-19-18(21-7-9-29(15)19)28-8-3-4-16(14-28)26(2)17-5-6-22-20(23-17)27-10-12-30-13-11-27/h5-7,9,16H,3-4,8,10-14H2,1-2H3. The van der Waals surface area contributed by atoms with Crippen molar-refractivity contribution in [3.63, 3.8) is 0 Å². The highest BCUT2D eigenvalue weighted by atomic mass is 16.5. The molecule has 158 valence electrons. The normalized spacial score (nSPS) is 20.0. The molecule has 0 bridgehead atoms. The zero-order valence-corrected chi connectivity index (χ0v) is 17.5. The number of aryl methyl sites for hydroxylation is 1. The molecule has 2 fully saturated rings. The van der Waals surface area contributed by atoms with Crippen molar-refractivity contribution in [2.45, 2.75) is 25.8 Å². The zero-order valence-electron chi connectivity index (χ0n) is 17.5. The number of aromatic nitrogens is 6. The van der Waals surface area contributed by atoms with Crippen LogP contribution >= 0.6 is 0 Å². The SMILES string of the molecule is Cc1nnc2c(N3CCCC(N(C)c4ccnc(N5CCOCC5)n4)C3)nccn12. The summed E-state index contributed by atoms with van der Waals surface area (Å²) < 4.78 is 7.44. The lowest BCUT2D eigenvalue weighted by Gasteiger charge is -2.38. The molecule has 0 amide bonds. The van der Waals surface area contributed by atoms with Gasteiger partial charge in [-0.05, 0) is 25.8 Å². The number of morpholine rings is 1. The quantitative estimate of drug-likeness (QED) is 0.630. The predicted molar refractivity (Wildman–Crippen MR) is 114 cm³/mol. The summed E-state index contributed by atoms with van der Waals surface area (Å²) in [7, 11) is 2.12. The minimum absolute atomic E-state index is 0.331. The van der Waals surface area contributed by atoms with E-state index in [1.165, 1.54) is 0 Å². The first-order valence-corrected chi connectivity index (χ1v) is 10.5. The molecule has 3 aromatic heterocycles. The third-order valence-corrected chi connectivity index (χ3v) is 6.01. The third kappa shape index (κ3) is 3.51. The van der Waals surface area contributed by atoms with Crippen LogP contribution in [0.15, 0.2) is 24.7 Å². The first-order chi connectivity index (χ1) is 14.7. The molecule has 2 aliphatic heterocycles. The highest BCUT2D eigenvalue weighted by molar-refractivity contribution is 5.64. The van der Waals surface area contributed by atoms with Gasteiger partial charge in [0.2, 0.25) is 11.6 Å². The molecule has 0 saturated carbocycles. The van der Waals surface area contributed by atoms with Crippen LogP contribution < -0.4 is 14.7 Å². The fourth-order valence-corrected chi connectivity index (χ4v) is 4.25. The lowest BCUT2D eigenvalue weighted by Crippen LogP contribution is -2.47. The van der Waals surface area contributed by atoms with Gasteiger partial charge in [0, 0.05) is 57.9 Å². The van der Waals surface area contributed by atoms with E-state index in [1.54, 1.807) is 0 Å². The maximum absolute atomic E-state index is 5.45. The average Bonchev–Trinajstić information content (AvgIpc) is 3.20. The molecule has 2 saturated heterocycles. The number of fused-ring (bicyclic) bond motifs is 1. The molecule has 5 heterocycles. The highest BCUT2D eigenvalue weighted by Crippen LogP contribution is 2.26. The molecule has 30 heavy (non-hydrogen) atoms. The van der Waals surface area contributed by atoms with Crippen LogP contribution in [0.4, 0.5) is 17.6 Å². The van der Waals surface area contributed by atoms with Crippen LogP contribution in [-0.2, 0) is 4.74 Å². The Kier molecular flexibility index (Phi) is 5.07. The number of piperidine rings is 1. The van der Waals surface area contributed by atoms with Gasteiger partial charge < -0.3 is 19.4 Å². The smallest absolute Gasteiger partial charge is 0.227 e. The fourth-order valence-electron chi connectivity index (χ4n) is 4.25. The van der Waals surface area contributed by atoms with E-state index in [4.69, 9.17) is 9.72 Å². The molecule has 0 aromatic carbocycles. The largest absolute Gasteiger partial charge is 0.378 e. The van der Waals surface area contributed by atoms with Crippen LogP contribution in [0.2, 0.25) is 0 Å². The van der Waals surface area contributed by atoms with Crippen LogP contribution in [0, 0.1) is 6.92 Å². The minimum Gasteiger partial charge on any atom is -0.378 e. The van der Waals surface area contributed by atoms with Crippen molar-refractivity contribution in [1.82, 2.24) is 29.5 Å². The Morgan fingerprint density at radius 2 is 1.93 bits per heavy atom. The molecule has 5 rings (SSSR count). The van der Waals surface area contributed by atoms with Crippen molar-refractivity contribution in [2.24, 2.45) is 0 Å². The highest BCUT2D eigenvalue weighted by Gasteiger charge is 2.27. The molecule has 10 heteroatoms. The lowest BCUT2D eigenvalue weighted by molar-refractivity contribution is 0.122. The van der Waals surface area contributed by atoms with E-state index < -0.39 is 0 Å². The van der Waals surface area contributed by atoms with Gasteiger partial charge in [0.25, 0.3) is 0 Å². The van der Waals surface area contributed by atoms with E-state index in [9.17, 15) is 0 Å². The number of hydrogen-bond donors (Lipinski definition) is 0. The van der Waals surface area contributed by atoms with E-state index in [2.05, 4.69) is 41.9 Å². The maximum Gasteiger partial charge on any atom is 0.227 e. The van der Waals surface area contributed by atoms with Gasteiger partial charge in [0.15, 0.2) is 5.82 Å². The molecule has 2 aliphatic rings. The summed E-state index contributed by atoms with van der Waals surface area (Å²) in [5.41, 5.74) is 0.815. The van der Waals surface area contributed by atoms with E-state index in [0.717, 1.165) is 81.3 Å². The van der Waals surface area contributed by atoms with Crippen LogP contribution in [0.1, 0.15) is 18.7 Å². The number of rotatable bonds is 4. The van der Waals surface area contributed by atoms with Crippen LogP contribution in [0.25, 0.3) is 5.65 Å². The van der Waals surface area contributed by atoms with Gasteiger partial charge in [-0.1, -0.05) is 0 Å². The van der Waals surface area contributed by atoms with Gasteiger partial charge in [-0.15, -0.1) is 10.2 Å². The van der Waals surface area contributed by atoms with E-state index in [1.807, 2.05) is 36.0 Å². The number of ether oxygens (including phenoxy) is 1. The second-order valence-corrected chi connectivity index (χ2v) is 7.86. The second-order valence-electron chi connectivity index (χ2n) is 7.86. The van der Waals surface area contributed by atoms with Crippen LogP contribution in [-0.4, -0.2) is 82.0 Å². The summed E-state index contributed by atoms with van der Waals surface area (Å²) in [4.78, 5) is 20.7. The number of nitrogens with zero attached hydrogens (tertiary/aromatic N) is 9. The van der Waals surface area contributed by atoms with E-state index in [-0.39, 0.29) is 0 Å². The van der Waals surface area contributed by atoms with Gasteiger partial charge in [0.1, 0.15) is 11.6 Å². The Balaban J connectivity index is 1.35. The zero-order chi connectivity index (χ0) is 20.5. The van der Waals surface area contributed by atoms with E-state index in [0.29, 0.717) is 6.04 Å². The Bertz CT molecular complexity index is 1020. The van der Waals surface area contributed by atoms with Crippen LogP contribution in [0.3, 0.4) is 0 Å². The van der Waals surface area contributed by atoms with Crippen LogP contribution in [0.5, 0.6) is 0 Å². The summed E-state index contributed by atoms with van der Waals surface area (Å²) >= 11 is 0. The van der Waals surface area contributed by atoms with Gasteiger partial charge in [-0.2, -0.15) is 4.98 Å². The molecular formula is C20H27N9O. The Hall–Kier alpha value is -3.01. The van der Waals surface area contributed by atoms with Gasteiger partial charge in [-0.25, -0.2) is 9.97 Å². The molecular weight excluding hydrogens is 382 g/mol. The minimum atomic E-state index is 0.331. The Labute approximate surface area is 175 Å².